The van der Waals surface area contributed by atoms with Crippen molar-refractivity contribution in [2.24, 2.45) is 5.41 Å². The number of pyridine rings is 1. The fourth-order valence-corrected chi connectivity index (χ4v) is 6.23. The molecule has 0 aliphatic carbocycles. The molecule has 9 heteroatoms. The van der Waals surface area contributed by atoms with E-state index in [1.54, 1.807) is 29.7 Å². The summed E-state index contributed by atoms with van der Waals surface area (Å²) in [4.78, 5) is 12.6. The Morgan fingerprint density at radius 2 is 1.91 bits per heavy atom. The van der Waals surface area contributed by atoms with Crippen molar-refractivity contribution >= 4 is 27.2 Å². The average molecular weight is 478 g/mol. The maximum absolute atomic E-state index is 13.6. The molecule has 0 radical (unpaired) electrons. The first kappa shape index (κ1) is 21.5. The van der Waals surface area contributed by atoms with E-state index in [9.17, 15) is 4.39 Å². The molecule has 2 saturated heterocycles. The van der Waals surface area contributed by atoms with Gasteiger partial charge >= 0.3 is 0 Å². The van der Waals surface area contributed by atoms with E-state index in [0.29, 0.717) is 5.41 Å². The SMILES string of the molecule is CNc1cc(-c2c(-c3ccc(F)cc3)nc3sc(N4CCC5(CCCNC5)CC4)nn23)ccn1. The van der Waals surface area contributed by atoms with Crippen LogP contribution in [0, 0.1) is 11.2 Å². The lowest BCUT2D eigenvalue weighted by Gasteiger charge is -2.44. The fraction of sp³-hybridized carbons (Fsp3) is 0.400. The Balaban J connectivity index is 1.38. The standard InChI is InChI=1S/C25H28FN7S/c1-27-20-15-18(7-12-29-20)22-21(17-3-5-19(26)6-4-17)30-23-33(22)31-24(34-23)32-13-9-25(10-14-32)8-2-11-28-16-25/h3-7,12,15,28H,2,8-11,13-14,16H2,1H3,(H,27,29). The van der Waals surface area contributed by atoms with Crippen molar-refractivity contribution in [1.29, 1.82) is 0 Å². The summed E-state index contributed by atoms with van der Waals surface area (Å²) in [7, 11) is 1.85. The third-order valence-electron chi connectivity index (χ3n) is 7.26. The molecule has 2 N–H and O–H groups in total. The summed E-state index contributed by atoms with van der Waals surface area (Å²) in [6.07, 6.45) is 6.79. The number of hydrogen-bond acceptors (Lipinski definition) is 7. The van der Waals surface area contributed by atoms with Crippen LogP contribution in [0.1, 0.15) is 25.7 Å². The van der Waals surface area contributed by atoms with Gasteiger partial charge in [0.05, 0.1) is 0 Å². The summed E-state index contributed by atoms with van der Waals surface area (Å²) in [6, 6.07) is 10.5. The summed E-state index contributed by atoms with van der Waals surface area (Å²) >= 11 is 1.62. The van der Waals surface area contributed by atoms with Gasteiger partial charge in [0.1, 0.15) is 23.0 Å². The van der Waals surface area contributed by atoms with Gasteiger partial charge in [0.25, 0.3) is 0 Å². The van der Waals surface area contributed by atoms with Crippen LogP contribution in [0.5, 0.6) is 0 Å². The van der Waals surface area contributed by atoms with Crippen LogP contribution in [-0.4, -0.2) is 52.8 Å². The van der Waals surface area contributed by atoms with Crippen molar-refractivity contribution in [3.63, 3.8) is 0 Å². The van der Waals surface area contributed by atoms with E-state index in [1.807, 2.05) is 23.7 Å². The highest BCUT2D eigenvalue weighted by molar-refractivity contribution is 7.20. The second-order valence-corrected chi connectivity index (χ2v) is 10.3. The van der Waals surface area contributed by atoms with Crippen LogP contribution in [0.4, 0.5) is 15.3 Å². The van der Waals surface area contributed by atoms with Crippen LogP contribution in [0.15, 0.2) is 42.6 Å². The number of anilines is 2. The monoisotopic (exact) mass is 477 g/mol. The van der Waals surface area contributed by atoms with Gasteiger partial charge in [-0.1, -0.05) is 11.3 Å². The van der Waals surface area contributed by atoms with Gasteiger partial charge in [0.15, 0.2) is 0 Å². The first-order valence-electron chi connectivity index (χ1n) is 11.9. The minimum Gasteiger partial charge on any atom is -0.373 e. The quantitative estimate of drug-likeness (QED) is 0.445. The number of imidazole rings is 1. The molecule has 5 heterocycles. The van der Waals surface area contributed by atoms with Crippen LogP contribution < -0.4 is 15.5 Å². The van der Waals surface area contributed by atoms with E-state index >= 15 is 0 Å². The topological polar surface area (TPSA) is 70.4 Å². The lowest BCUT2D eigenvalue weighted by atomic mass is 9.73. The third kappa shape index (κ3) is 3.82. The second kappa shape index (κ2) is 8.63. The van der Waals surface area contributed by atoms with Gasteiger partial charge < -0.3 is 15.5 Å². The van der Waals surface area contributed by atoms with Crippen LogP contribution in [-0.2, 0) is 0 Å². The van der Waals surface area contributed by atoms with Crippen LogP contribution in [0.25, 0.3) is 27.5 Å². The number of hydrogen-bond donors (Lipinski definition) is 2. The first-order chi connectivity index (χ1) is 16.6. The van der Waals surface area contributed by atoms with Crippen molar-refractivity contribution in [3.05, 3.63) is 48.4 Å². The molecule has 2 fully saturated rings. The smallest absolute Gasteiger partial charge is 0.215 e. The Bertz CT molecular complexity index is 1300. The minimum absolute atomic E-state index is 0.260. The molecule has 4 aromatic rings. The number of aromatic nitrogens is 4. The highest BCUT2D eigenvalue weighted by atomic mass is 32.1. The van der Waals surface area contributed by atoms with E-state index in [0.717, 1.165) is 64.6 Å². The molecule has 34 heavy (non-hydrogen) atoms. The summed E-state index contributed by atoms with van der Waals surface area (Å²) in [5, 5.41) is 12.7. The minimum atomic E-state index is -0.260. The van der Waals surface area contributed by atoms with E-state index in [4.69, 9.17) is 10.1 Å². The van der Waals surface area contributed by atoms with E-state index in [1.165, 1.54) is 37.8 Å². The molecular formula is C25H28FN7S. The van der Waals surface area contributed by atoms with Gasteiger partial charge in [-0.2, -0.15) is 0 Å². The van der Waals surface area contributed by atoms with Gasteiger partial charge in [0, 0.05) is 44.0 Å². The van der Waals surface area contributed by atoms with Gasteiger partial charge in [-0.3, -0.25) is 0 Å². The second-order valence-electron chi connectivity index (χ2n) is 9.34. The summed E-state index contributed by atoms with van der Waals surface area (Å²) in [5.74, 6) is 0.513. The van der Waals surface area contributed by atoms with Gasteiger partial charge in [-0.25, -0.2) is 18.9 Å². The highest BCUT2D eigenvalue weighted by Gasteiger charge is 2.36. The molecule has 176 valence electrons. The largest absolute Gasteiger partial charge is 0.373 e. The summed E-state index contributed by atoms with van der Waals surface area (Å²) < 4.78 is 15.5. The van der Waals surface area contributed by atoms with Crippen LogP contribution >= 0.6 is 11.3 Å². The third-order valence-corrected chi connectivity index (χ3v) is 8.22. The Labute approximate surface area is 202 Å². The van der Waals surface area contributed by atoms with E-state index in [-0.39, 0.29) is 5.82 Å². The molecule has 7 nitrogen and oxygen atoms in total. The molecule has 3 aromatic heterocycles. The first-order valence-corrected chi connectivity index (χ1v) is 12.7. The Hall–Kier alpha value is -3.04. The predicted molar refractivity (Wildman–Crippen MR) is 135 cm³/mol. The highest BCUT2D eigenvalue weighted by Crippen LogP contribution is 2.41. The number of nitrogens with zero attached hydrogens (tertiary/aromatic N) is 5. The Morgan fingerprint density at radius 3 is 2.65 bits per heavy atom. The fourth-order valence-electron chi connectivity index (χ4n) is 5.28. The van der Waals surface area contributed by atoms with Crippen molar-refractivity contribution in [1.82, 2.24) is 24.9 Å². The lowest BCUT2D eigenvalue weighted by Crippen LogP contribution is -2.48. The van der Waals surface area contributed by atoms with Gasteiger partial charge in [0.2, 0.25) is 10.1 Å². The molecule has 0 bridgehead atoms. The molecule has 0 atom stereocenters. The molecule has 0 unspecified atom stereocenters. The number of halogens is 1. The number of nitrogens with one attached hydrogen (secondary N) is 2. The van der Waals surface area contributed by atoms with Crippen LogP contribution in [0.2, 0.25) is 0 Å². The zero-order valence-electron chi connectivity index (χ0n) is 19.2. The van der Waals surface area contributed by atoms with Crippen molar-refractivity contribution in [2.45, 2.75) is 25.7 Å². The average Bonchev–Trinajstić information content (AvgIpc) is 3.44. The number of benzene rings is 1. The number of piperidine rings is 2. The zero-order valence-corrected chi connectivity index (χ0v) is 20.0. The van der Waals surface area contributed by atoms with Crippen molar-refractivity contribution in [2.75, 3.05) is 43.4 Å². The van der Waals surface area contributed by atoms with E-state index in [2.05, 4.69) is 20.5 Å². The number of fused-ring (bicyclic) bond motifs is 1. The Kier molecular flexibility index (Phi) is 5.45. The molecular weight excluding hydrogens is 449 g/mol. The summed E-state index contributed by atoms with van der Waals surface area (Å²) in [6.45, 7) is 4.34. The van der Waals surface area contributed by atoms with Crippen molar-refractivity contribution < 1.29 is 4.39 Å². The summed E-state index contributed by atoms with van der Waals surface area (Å²) in [5.41, 5.74) is 3.97. The Morgan fingerprint density at radius 1 is 1.09 bits per heavy atom. The van der Waals surface area contributed by atoms with Gasteiger partial charge in [-0.05, 0) is 74.0 Å². The maximum atomic E-state index is 13.6. The molecule has 1 spiro atoms. The van der Waals surface area contributed by atoms with Crippen molar-refractivity contribution in [3.8, 4) is 22.5 Å². The van der Waals surface area contributed by atoms with E-state index < -0.39 is 0 Å². The molecule has 0 saturated carbocycles. The molecule has 6 rings (SSSR count). The predicted octanol–water partition coefficient (Wildman–Crippen LogP) is 4.67. The molecule has 2 aliphatic heterocycles. The molecule has 1 aromatic carbocycles. The lowest BCUT2D eigenvalue weighted by molar-refractivity contribution is 0.161. The molecule has 2 aliphatic rings. The zero-order chi connectivity index (χ0) is 23.1. The van der Waals surface area contributed by atoms with Gasteiger partial charge in [-0.15, -0.1) is 5.10 Å². The maximum Gasteiger partial charge on any atom is 0.215 e. The normalized spacial score (nSPS) is 18.0. The molecule has 0 amide bonds. The number of rotatable bonds is 4. The van der Waals surface area contributed by atoms with Crippen LogP contribution in [0.3, 0.4) is 0 Å².